The van der Waals surface area contributed by atoms with Crippen LogP contribution in [0.1, 0.15) is 0 Å². The zero-order chi connectivity index (χ0) is 13.2. The highest BCUT2D eigenvalue weighted by Crippen LogP contribution is 2.28. The van der Waals surface area contributed by atoms with E-state index in [1.54, 1.807) is 0 Å². The van der Waals surface area contributed by atoms with Gasteiger partial charge in [-0.25, -0.2) is 0 Å². The molecule has 1 aliphatic rings. The predicted octanol–water partition coefficient (Wildman–Crippen LogP) is 1.48. The lowest BCUT2D eigenvalue weighted by molar-refractivity contribution is 0.00340. The molecule has 1 aromatic heterocycles. The first-order valence-corrected chi connectivity index (χ1v) is 6.55. The molecule has 5 nitrogen and oxygen atoms in total. The number of ether oxygens (including phenoxy) is 1. The van der Waals surface area contributed by atoms with Gasteiger partial charge in [0.1, 0.15) is 0 Å². The van der Waals surface area contributed by atoms with E-state index in [1.165, 1.54) is 0 Å². The number of aliphatic hydroxyl groups is 1. The van der Waals surface area contributed by atoms with E-state index >= 15 is 0 Å². The van der Waals surface area contributed by atoms with Gasteiger partial charge in [0.15, 0.2) is 11.0 Å². The Morgan fingerprint density at radius 2 is 2.11 bits per heavy atom. The molecule has 2 aromatic rings. The monoisotopic (exact) mass is 279 g/mol. The van der Waals surface area contributed by atoms with E-state index in [9.17, 15) is 5.11 Å². The van der Waals surface area contributed by atoms with Crippen LogP contribution in [0.25, 0.3) is 10.8 Å². The van der Waals surface area contributed by atoms with E-state index in [-0.39, 0.29) is 12.7 Å². The summed E-state index contributed by atoms with van der Waals surface area (Å²) in [5.74, 6) is 0.793. The van der Waals surface area contributed by atoms with Crippen molar-refractivity contribution in [3.05, 3.63) is 29.4 Å². The zero-order valence-electron chi connectivity index (χ0n) is 10.3. The molecule has 1 fully saturated rings. The summed E-state index contributed by atoms with van der Waals surface area (Å²) in [4.78, 5) is 2.08. The van der Waals surface area contributed by atoms with Gasteiger partial charge >= 0.3 is 0 Å². The first-order chi connectivity index (χ1) is 9.29. The number of anilines is 1. The molecule has 0 saturated carbocycles. The number of aliphatic hydroxyl groups excluding tert-OH is 1. The van der Waals surface area contributed by atoms with E-state index in [1.807, 2.05) is 24.3 Å². The van der Waals surface area contributed by atoms with Crippen molar-refractivity contribution in [1.82, 2.24) is 10.2 Å². The van der Waals surface area contributed by atoms with Crippen LogP contribution in [0.3, 0.4) is 0 Å². The summed E-state index contributed by atoms with van der Waals surface area (Å²) in [7, 11) is 0. The lowest BCUT2D eigenvalue weighted by Crippen LogP contribution is -2.44. The van der Waals surface area contributed by atoms with E-state index in [0.29, 0.717) is 18.3 Å². The quantitative estimate of drug-likeness (QED) is 0.902. The topological polar surface area (TPSA) is 58.5 Å². The van der Waals surface area contributed by atoms with Crippen LogP contribution in [0.4, 0.5) is 5.82 Å². The molecule has 0 aliphatic carbocycles. The largest absolute Gasteiger partial charge is 0.394 e. The van der Waals surface area contributed by atoms with Crippen molar-refractivity contribution < 1.29 is 9.84 Å². The first kappa shape index (κ1) is 12.6. The SMILES string of the molecule is OCC1CN(c2nnc(Cl)c3ccccc23)CCO1. The Balaban J connectivity index is 2.03. The van der Waals surface area contributed by atoms with Gasteiger partial charge in [-0.05, 0) is 0 Å². The minimum Gasteiger partial charge on any atom is -0.394 e. The number of benzene rings is 1. The summed E-state index contributed by atoms with van der Waals surface area (Å²) < 4.78 is 5.45. The molecule has 1 unspecified atom stereocenters. The Labute approximate surface area is 115 Å². The van der Waals surface area contributed by atoms with Crippen molar-refractivity contribution in [2.45, 2.75) is 6.10 Å². The van der Waals surface area contributed by atoms with Gasteiger partial charge in [-0.3, -0.25) is 0 Å². The van der Waals surface area contributed by atoms with Gasteiger partial charge in [0, 0.05) is 23.9 Å². The molecular weight excluding hydrogens is 266 g/mol. The van der Waals surface area contributed by atoms with Crippen LogP contribution in [-0.2, 0) is 4.74 Å². The van der Waals surface area contributed by atoms with Gasteiger partial charge in [0.2, 0.25) is 0 Å². The molecule has 1 N–H and O–H groups in total. The van der Waals surface area contributed by atoms with E-state index < -0.39 is 0 Å². The fraction of sp³-hybridized carbons (Fsp3) is 0.385. The Morgan fingerprint density at radius 3 is 2.89 bits per heavy atom. The van der Waals surface area contributed by atoms with Crippen molar-refractivity contribution in [2.75, 3.05) is 31.2 Å². The zero-order valence-corrected chi connectivity index (χ0v) is 11.0. The average Bonchev–Trinajstić information content (AvgIpc) is 2.48. The van der Waals surface area contributed by atoms with Gasteiger partial charge in [-0.15, -0.1) is 10.2 Å². The van der Waals surface area contributed by atoms with Crippen molar-refractivity contribution in [2.24, 2.45) is 0 Å². The van der Waals surface area contributed by atoms with Gasteiger partial charge in [-0.2, -0.15) is 0 Å². The molecule has 0 bridgehead atoms. The molecule has 6 heteroatoms. The van der Waals surface area contributed by atoms with Crippen LogP contribution in [0.5, 0.6) is 0 Å². The molecule has 1 aromatic carbocycles. The molecular formula is C13H14ClN3O2. The number of morpholine rings is 1. The number of nitrogens with zero attached hydrogens (tertiary/aromatic N) is 3. The molecule has 0 spiro atoms. The number of halogens is 1. The third-order valence-corrected chi connectivity index (χ3v) is 3.54. The Bertz CT molecular complexity index is 593. The summed E-state index contributed by atoms with van der Waals surface area (Å²) in [5.41, 5.74) is 0. The van der Waals surface area contributed by atoms with E-state index in [4.69, 9.17) is 16.3 Å². The summed E-state index contributed by atoms with van der Waals surface area (Å²) in [6.07, 6.45) is -0.176. The number of rotatable bonds is 2. The number of aromatic nitrogens is 2. The maximum absolute atomic E-state index is 9.20. The summed E-state index contributed by atoms with van der Waals surface area (Å²) in [6, 6.07) is 7.79. The Morgan fingerprint density at radius 1 is 1.32 bits per heavy atom. The smallest absolute Gasteiger partial charge is 0.159 e. The second-order valence-corrected chi connectivity index (χ2v) is 4.84. The lowest BCUT2D eigenvalue weighted by Gasteiger charge is -2.33. The maximum atomic E-state index is 9.20. The second kappa shape index (κ2) is 5.28. The van der Waals surface area contributed by atoms with Crippen LogP contribution < -0.4 is 4.90 Å². The highest BCUT2D eigenvalue weighted by atomic mass is 35.5. The van der Waals surface area contributed by atoms with Crippen LogP contribution in [0, 0.1) is 0 Å². The van der Waals surface area contributed by atoms with Crippen molar-refractivity contribution in [3.8, 4) is 0 Å². The standard InChI is InChI=1S/C13H14ClN3O2/c14-12-10-3-1-2-4-11(10)13(16-15-12)17-5-6-19-9(7-17)8-18/h1-4,9,18H,5-8H2. The van der Waals surface area contributed by atoms with Crippen LogP contribution in [0.15, 0.2) is 24.3 Å². The third-order valence-electron chi connectivity index (χ3n) is 3.26. The summed E-state index contributed by atoms with van der Waals surface area (Å²) in [5, 5.41) is 19.7. The van der Waals surface area contributed by atoms with E-state index in [2.05, 4.69) is 15.1 Å². The van der Waals surface area contributed by atoms with Crippen molar-refractivity contribution in [3.63, 3.8) is 0 Å². The summed E-state index contributed by atoms with van der Waals surface area (Å²) >= 11 is 6.07. The van der Waals surface area contributed by atoms with Crippen molar-refractivity contribution >= 4 is 28.2 Å². The molecule has 2 heterocycles. The van der Waals surface area contributed by atoms with E-state index in [0.717, 1.165) is 23.1 Å². The third kappa shape index (κ3) is 2.36. The fourth-order valence-electron chi connectivity index (χ4n) is 2.31. The maximum Gasteiger partial charge on any atom is 0.159 e. The van der Waals surface area contributed by atoms with Gasteiger partial charge in [-0.1, -0.05) is 35.9 Å². The van der Waals surface area contributed by atoms with Gasteiger partial charge < -0.3 is 14.7 Å². The predicted molar refractivity (Wildman–Crippen MR) is 73.6 cm³/mol. The molecule has 3 rings (SSSR count). The first-order valence-electron chi connectivity index (χ1n) is 6.18. The van der Waals surface area contributed by atoms with Crippen LogP contribution >= 0.6 is 11.6 Å². The highest BCUT2D eigenvalue weighted by molar-refractivity contribution is 6.34. The molecule has 1 aliphatic heterocycles. The summed E-state index contributed by atoms with van der Waals surface area (Å²) in [6.45, 7) is 1.92. The molecule has 1 saturated heterocycles. The van der Waals surface area contributed by atoms with Crippen molar-refractivity contribution in [1.29, 1.82) is 0 Å². The second-order valence-electron chi connectivity index (χ2n) is 4.48. The molecule has 0 amide bonds. The Hall–Kier alpha value is -1.43. The molecule has 0 radical (unpaired) electrons. The number of hydrogen-bond donors (Lipinski definition) is 1. The Kier molecular flexibility index (Phi) is 3.50. The van der Waals surface area contributed by atoms with Gasteiger partial charge in [0.25, 0.3) is 0 Å². The lowest BCUT2D eigenvalue weighted by atomic mass is 10.1. The average molecular weight is 280 g/mol. The fourth-order valence-corrected chi connectivity index (χ4v) is 2.52. The minimum atomic E-state index is -0.176. The van der Waals surface area contributed by atoms with Crippen LogP contribution in [-0.4, -0.2) is 47.7 Å². The number of hydrogen-bond acceptors (Lipinski definition) is 5. The molecule has 19 heavy (non-hydrogen) atoms. The highest BCUT2D eigenvalue weighted by Gasteiger charge is 2.23. The molecule has 1 atom stereocenters. The molecule has 100 valence electrons. The van der Waals surface area contributed by atoms with Gasteiger partial charge in [0.05, 0.1) is 19.3 Å². The van der Waals surface area contributed by atoms with Crippen LogP contribution in [0.2, 0.25) is 5.15 Å². The number of fused-ring (bicyclic) bond motifs is 1. The normalized spacial score (nSPS) is 19.9. The minimum absolute atomic E-state index is 0.00938.